The van der Waals surface area contributed by atoms with Crippen molar-refractivity contribution in [2.24, 2.45) is 0 Å². The van der Waals surface area contributed by atoms with E-state index in [1.54, 1.807) is 24.3 Å². The first kappa shape index (κ1) is 29.1. The van der Waals surface area contributed by atoms with E-state index in [2.05, 4.69) is 10.6 Å². The number of hydrogen-bond donors (Lipinski definition) is 3. The smallest absolute Gasteiger partial charge is 0.338 e. The second-order valence-corrected chi connectivity index (χ2v) is 11.1. The second kappa shape index (κ2) is 12.5. The van der Waals surface area contributed by atoms with Gasteiger partial charge in [-0.3, -0.25) is 9.59 Å². The van der Waals surface area contributed by atoms with Crippen molar-refractivity contribution < 1.29 is 19.5 Å². The molecule has 2 amide bonds. The van der Waals surface area contributed by atoms with Gasteiger partial charge in [0.15, 0.2) is 0 Å². The predicted octanol–water partition coefficient (Wildman–Crippen LogP) is 8.91. The number of rotatable bonds is 8. The fourth-order valence-corrected chi connectivity index (χ4v) is 5.95. The number of carboxylic acid groups (broad SMARTS) is 1. The largest absolute Gasteiger partial charge is 0.478 e. The Balaban J connectivity index is 1.54. The highest BCUT2D eigenvalue weighted by molar-refractivity contribution is 8.00. The lowest BCUT2D eigenvalue weighted by molar-refractivity contribution is -0.115. The van der Waals surface area contributed by atoms with Crippen molar-refractivity contribution in [1.29, 1.82) is 0 Å². The molecule has 11 heteroatoms. The Labute approximate surface area is 248 Å². The van der Waals surface area contributed by atoms with Crippen LogP contribution in [0.1, 0.15) is 34.1 Å². The highest BCUT2D eigenvalue weighted by Gasteiger charge is 2.29. The van der Waals surface area contributed by atoms with E-state index in [1.807, 2.05) is 49.4 Å². The fourth-order valence-electron chi connectivity index (χ4n) is 3.92. The Hall–Kier alpha value is -2.94. The molecule has 0 saturated heterocycles. The summed E-state index contributed by atoms with van der Waals surface area (Å²) in [6.07, 6.45) is 0.553. The summed E-state index contributed by atoms with van der Waals surface area (Å²) in [5.74, 6) is -2.48. The van der Waals surface area contributed by atoms with Crippen LogP contribution in [0.3, 0.4) is 0 Å². The minimum absolute atomic E-state index is 0.156. The average Bonchev–Trinajstić information content (AvgIpc) is 2.92. The third kappa shape index (κ3) is 6.29. The number of fused-ring (bicyclic) bond motifs is 1. The van der Waals surface area contributed by atoms with Gasteiger partial charge >= 0.3 is 5.97 Å². The predicted molar refractivity (Wildman–Crippen MR) is 160 cm³/mol. The van der Waals surface area contributed by atoms with Crippen LogP contribution in [0.25, 0.3) is 10.8 Å². The van der Waals surface area contributed by atoms with Gasteiger partial charge in [0.05, 0.1) is 36.5 Å². The molecule has 0 spiro atoms. The molecule has 0 aliphatic carbocycles. The molecule has 3 N–H and O–H groups in total. The van der Waals surface area contributed by atoms with Gasteiger partial charge in [0.2, 0.25) is 5.91 Å². The summed E-state index contributed by atoms with van der Waals surface area (Å²) in [5.41, 5.74) is 0.103. The van der Waals surface area contributed by atoms with Crippen LogP contribution >= 0.6 is 58.2 Å². The normalized spacial score (nSPS) is 11.7. The van der Waals surface area contributed by atoms with E-state index in [4.69, 9.17) is 46.4 Å². The van der Waals surface area contributed by atoms with Gasteiger partial charge in [-0.1, -0.05) is 95.8 Å². The lowest BCUT2D eigenvalue weighted by Gasteiger charge is -2.17. The molecular formula is C28H20Cl4N2O4S. The van der Waals surface area contributed by atoms with Crippen molar-refractivity contribution >= 4 is 98.1 Å². The summed E-state index contributed by atoms with van der Waals surface area (Å²) < 4.78 is 0. The SMILES string of the molecule is CCC(Sc1cccc(NC(=O)c2c(Cl)c(Cl)c(Cl)c(Cl)c2C(=O)O)c1)C(=O)Nc1cccc2ccccc12. The number of benzene rings is 4. The van der Waals surface area contributed by atoms with Crippen LogP contribution in [0, 0.1) is 0 Å². The first-order chi connectivity index (χ1) is 18.6. The molecule has 39 heavy (non-hydrogen) atoms. The van der Waals surface area contributed by atoms with E-state index in [0.29, 0.717) is 17.0 Å². The summed E-state index contributed by atoms with van der Waals surface area (Å²) in [6.45, 7) is 1.91. The van der Waals surface area contributed by atoms with Crippen molar-refractivity contribution in [2.75, 3.05) is 10.6 Å². The summed E-state index contributed by atoms with van der Waals surface area (Å²) in [5, 5.41) is 15.6. The molecule has 200 valence electrons. The second-order valence-electron chi connectivity index (χ2n) is 8.32. The Morgan fingerprint density at radius 1 is 0.821 bits per heavy atom. The van der Waals surface area contributed by atoms with Crippen LogP contribution in [0.15, 0.2) is 71.6 Å². The van der Waals surface area contributed by atoms with Crippen molar-refractivity contribution in [3.63, 3.8) is 0 Å². The molecule has 0 saturated carbocycles. The molecular weight excluding hydrogens is 602 g/mol. The fraction of sp³-hybridized carbons (Fsp3) is 0.107. The van der Waals surface area contributed by atoms with Crippen LogP contribution in [0.2, 0.25) is 20.1 Å². The zero-order valence-corrected chi connectivity index (χ0v) is 24.1. The van der Waals surface area contributed by atoms with E-state index in [-0.39, 0.29) is 21.0 Å². The van der Waals surface area contributed by atoms with E-state index in [1.165, 1.54) is 11.8 Å². The molecule has 0 bridgehead atoms. The summed E-state index contributed by atoms with van der Waals surface area (Å²) >= 11 is 25.6. The Morgan fingerprint density at radius 2 is 1.46 bits per heavy atom. The molecule has 0 heterocycles. The van der Waals surface area contributed by atoms with Crippen LogP contribution in [0.5, 0.6) is 0 Å². The number of anilines is 2. The average molecular weight is 622 g/mol. The van der Waals surface area contributed by atoms with Gasteiger partial charge in [0.25, 0.3) is 5.91 Å². The topological polar surface area (TPSA) is 95.5 Å². The molecule has 0 aliphatic rings. The first-order valence-corrected chi connectivity index (χ1v) is 14.0. The molecule has 1 atom stereocenters. The van der Waals surface area contributed by atoms with Crippen LogP contribution in [0.4, 0.5) is 11.4 Å². The Kier molecular flexibility index (Phi) is 9.31. The first-order valence-electron chi connectivity index (χ1n) is 11.6. The Morgan fingerprint density at radius 3 is 2.15 bits per heavy atom. The van der Waals surface area contributed by atoms with Crippen molar-refractivity contribution in [3.8, 4) is 0 Å². The lowest BCUT2D eigenvalue weighted by Crippen LogP contribution is -2.24. The van der Waals surface area contributed by atoms with Crippen LogP contribution in [-0.4, -0.2) is 28.1 Å². The molecule has 0 aromatic heterocycles. The highest BCUT2D eigenvalue weighted by atomic mass is 35.5. The molecule has 1 unspecified atom stereocenters. The van der Waals surface area contributed by atoms with Gasteiger partial charge in [-0.15, -0.1) is 11.8 Å². The van der Waals surface area contributed by atoms with Gasteiger partial charge in [-0.2, -0.15) is 0 Å². The number of carbonyl (C=O) groups is 3. The molecule has 4 aromatic rings. The van der Waals surface area contributed by atoms with Crippen molar-refractivity contribution in [3.05, 3.63) is 97.9 Å². The monoisotopic (exact) mass is 620 g/mol. The van der Waals surface area contributed by atoms with Crippen LogP contribution in [-0.2, 0) is 4.79 Å². The maximum Gasteiger partial charge on any atom is 0.338 e. The number of halogens is 4. The van der Waals surface area contributed by atoms with Gasteiger partial charge in [0, 0.05) is 21.7 Å². The number of hydrogen-bond acceptors (Lipinski definition) is 4. The standard InChI is InChI=1S/C28H20Cl4N2O4S/c1-2-19(26(35)34-18-12-5-8-14-7-3-4-11-17(14)18)39-16-10-6-9-15(13-16)33-27(36)20-21(28(37)38)23(30)25(32)24(31)22(20)29/h3-13,19H,2H2,1H3,(H,33,36)(H,34,35)(H,37,38). The van der Waals surface area contributed by atoms with E-state index in [0.717, 1.165) is 16.5 Å². The third-order valence-electron chi connectivity index (χ3n) is 5.79. The molecule has 0 fully saturated rings. The van der Waals surface area contributed by atoms with E-state index >= 15 is 0 Å². The van der Waals surface area contributed by atoms with Gasteiger partial charge in [0.1, 0.15) is 0 Å². The molecule has 0 radical (unpaired) electrons. The number of aromatic carboxylic acids is 1. The molecule has 6 nitrogen and oxygen atoms in total. The van der Waals surface area contributed by atoms with Gasteiger partial charge in [-0.05, 0) is 36.1 Å². The minimum atomic E-state index is -1.49. The minimum Gasteiger partial charge on any atom is -0.478 e. The summed E-state index contributed by atoms with van der Waals surface area (Å²) in [7, 11) is 0. The molecule has 4 aromatic carbocycles. The Bertz CT molecular complexity index is 1610. The zero-order chi connectivity index (χ0) is 28.3. The van der Waals surface area contributed by atoms with Gasteiger partial charge < -0.3 is 15.7 Å². The zero-order valence-electron chi connectivity index (χ0n) is 20.2. The van der Waals surface area contributed by atoms with Crippen LogP contribution < -0.4 is 10.6 Å². The third-order valence-corrected chi connectivity index (χ3v) is 8.95. The van der Waals surface area contributed by atoms with E-state index < -0.39 is 33.3 Å². The number of thioether (sulfide) groups is 1. The van der Waals surface area contributed by atoms with Crippen molar-refractivity contribution in [2.45, 2.75) is 23.5 Å². The number of amides is 2. The number of carbonyl (C=O) groups excluding carboxylic acids is 2. The molecule has 0 aliphatic heterocycles. The summed E-state index contributed by atoms with van der Waals surface area (Å²) in [4.78, 5) is 38.8. The highest BCUT2D eigenvalue weighted by Crippen LogP contribution is 2.42. The molecule has 4 rings (SSSR count). The van der Waals surface area contributed by atoms with Gasteiger partial charge in [-0.25, -0.2) is 4.79 Å². The maximum absolute atomic E-state index is 13.2. The van der Waals surface area contributed by atoms with Crippen molar-refractivity contribution in [1.82, 2.24) is 0 Å². The lowest BCUT2D eigenvalue weighted by atomic mass is 10.1. The quantitative estimate of drug-likeness (QED) is 0.104. The summed E-state index contributed by atoms with van der Waals surface area (Å²) in [6, 6.07) is 20.3. The maximum atomic E-state index is 13.2. The van der Waals surface area contributed by atoms with E-state index in [9.17, 15) is 19.5 Å². The number of carboxylic acids is 1. The number of nitrogens with one attached hydrogen (secondary N) is 2.